The van der Waals surface area contributed by atoms with Crippen LogP contribution in [-0.2, 0) is 4.74 Å². The lowest BCUT2D eigenvalue weighted by molar-refractivity contribution is 0.104. The highest BCUT2D eigenvalue weighted by Gasteiger charge is 2.23. The SMILES string of the molecule is CCNC(C)c1cc(Cl)ccc1OCC1CNC(=O)O1. The molecule has 110 valence electrons. The van der Waals surface area contributed by atoms with Crippen molar-refractivity contribution in [1.29, 1.82) is 0 Å². The minimum absolute atomic E-state index is 0.137. The van der Waals surface area contributed by atoms with Gasteiger partial charge >= 0.3 is 6.09 Å². The normalized spacial score (nSPS) is 19.4. The fourth-order valence-corrected chi connectivity index (χ4v) is 2.29. The van der Waals surface area contributed by atoms with E-state index >= 15 is 0 Å². The fourth-order valence-electron chi connectivity index (χ4n) is 2.11. The van der Waals surface area contributed by atoms with Gasteiger partial charge in [-0.25, -0.2) is 4.79 Å². The van der Waals surface area contributed by atoms with Crippen LogP contribution in [0, 0.1) is 0 Å². The van der Waals surface area contributed by atoms with Crippen molar-refractivity contribution in [2.45, 2.75) is 26.0 Å². The van der Waals surface area contributed by atoms with Crippen molar-refractivity contribution in [2.75, 3.05) is 19.7 Å². The van der Waals surface area contributed by atoms with E-state index in [0.717, 1.165) is 17.9 Å². The summed E-state index contributed by atoms with van der Waals surface area (Å²) in [6.07, 6.45) is -0.642. The van der Waals surface area contributed by atoms with Crippen LogP contribution in [0.4, 0.5) is 4.79 Å². The summed E-state index contributed by atoms with van der Waals surface area (Å²) in [7, 11) is 0. The van der Waals surface area contributed by atoms with Crippen LogP contribution in [0.15, 0.2) is 18.2 Å². The molecule has 2 unspecified atom stereocenters. The second-order valence-corrected chi connectivity index (χ2v) is 5.12. The predicted octanol–water partition coefficient (Wildman–Crippen LogP) is 2.50. The molecule has 6 heteroatoms. The first-order chi connectivity index (χ1) is 9.60. The number of cyclic esters (lactones) is 1. The standard InChI is InChI=1S/C14H19ClN2O3/c1-3-16-9(2)12-6-10(15)4-5-13(12)19-8-11-7-17-14(18)20-11/h4-6,9,11,16H,3,7-8H2,1-2H3,(H,17,18). The van der Waals surface area contributed by atoms with Crippen LogP contribution in [0.5, 0.6) is 5.75 Å². The molecule has 0 saturated carbocycles. The molecule has 2 N–H and O–H groups in total. The van der Waals surface area contributed by atoms with E-state index in [2.05, 4.69) is 17.6 Å². The number of benzene rings is 1. The highest BCUT2D eigenvalue weighted by molar-refractivity contribution is 6.30. The third-order valence-electron chi connectivity index (χ3n) is 3.12. The Labute approximate surface area is 123 Å². The van der Waals surface area contributed by atoms with Crippen LogP contribution in [0.25, 0.3) is 0 Å². The molecular weight excluding hydrogens is 280 g/mol. The number of ether oxygens (including phenoxy) is 2. The number of hydrogen-bond acceptors (Lipinski definition) is 4. The van der Waals surface area contributed by atoms with Crippen molar-refractivity contribution in [2.24, 2.45) is 0 Å². The molecule has 0 aliphatic carbocycles. The summed E-state index contributed by atoms with van der Waals surface area (Å²) < 4.78 is 10.8. The molecule has 1 heterocycles. The number of hydrogen-bond donors (Lipinski definition) is 2. The van der Waals surface area contributed by atoms with Gasteiger partial charge in [0.25, 0.3) is 0 Å². The van der Waals surface area contributed by atoms with Gasteiger partial charge in [0.1, 0.15) is 12.4 Å². The van der Waals surface area contributed by atoms with Gasteiger partial charge in [-0.3, -0.25) is 0 Å². The van der Waals surface area contributed by atoms with Crippen LogP contribution in [-0.4, -0.2) is 31.9 Å². The van der Waals surface area contributed by atoms with Gasteiger partial charge in [0.05, 0.1) is 6.54 Å². The summed E-state index contributed by atoms with van der Waals surface area (Å²) in [4.78, 5) is 11.0. The zero-order valence-electron chi connectivity index (χ0n) is 11.6. The van der Waals surface area contributed by atoms with Crippen LogP contribution in [0.3, 0.4) is 0 Å². The number of amides is 1. The fraction of sp³-hybridized carbons (Fsp3) is 0.500. The summed E-state index contributed by atoms with van der Waals surface area (Å²) in [5.41, 5.74) is 0.997. The molecule has 1 aromatic rings. The zero-order chi connectivity index (χ0) is 14.5. The first kappa shape index (κ1) is 14.9. The van der Waals surface area contributed by atoms with E-state index in [1.54, 1.807) is 6.07 Å². The molecule has 2 rings (SSSR count). The Morgan fingerprint density at radius 2 is 2.40 bits per heavy atom. The lowest BCUT2D eigenvalue weighted by Gasteiger charge is -2.19. The highest BCUT2D eigenvalue weighted by Crippen LogP contribution is 2.28. The van der Waals surface area contributed by atoms with Crippen LogP contribution >= 0.6 is 11.6 Å². The van der Waals surface area contributed by atoms with Crippen molar-refractivity contribution < 1.29 is 14.3 Å². The lowest BCUT2D eigenvalue weighted by Crippen LogP contribution is -2.23. The van der Waals surface area contributed by atoms with Crippen molar-refractivity contribution in [3.63, 3.8) is 0 Å². The van der Waals surface area contributed by atoms with Gasteiger partial charge in [-0.2, -0.15) is 0 Å². The molecule has 5 nitrogen and oxygen atoms in total. The van der Waals surface area contributed by atoms with Crippen molar-refractivity contribution >= 4 is 17.7 Å². The van der Waals surface area contributed by atoms with E-state index in [9.17, 15) is 4.79 Å². The Bertz CT molecular complexity index is 481. The van der Waals surface area contributed by atoms with E-state index in [4.69, 9.17) is 21.1 Å². The maximum absolute atomic E-state index is 11.0. The summed E-state index contributed by atoms with van der Waals surface area (Å²) >= 11 is 6.04. The molecule has 0 bridgehead atoms. The summed E-state index contributed by atoms with van der Waals surface area (Å²) in [5.74, 6) is 0.755. The highest BCUT2D eigenvalue weighted by atomic mass is 35.5. The maximum atomic E-state index is 11.0. The van der Waals surface area contributed by atoms with Crippen molar-refractivity contribution in [3.05, 3.63) is 28.8 Å². The first-order valence-electron chi connectivity index (χ1n) is 6.70. The quantitative estimate of drug-likeness (QED) is 0.847. The third kappa shape index (κ3) is 3.77. The Kier molecular flexibility index (Phi) is 5.09. The molecule has 2 atom stereocenters. The molecule has 1 aromatic carbocycles. The molecule has 20 heavy (non-hydrogen) atoms. The van der Waals surface area contributed by atoms with Gasteiger partial charge in [0.15, 0.2) is 6.10 Å². The van der Waals surface area contributed by atoms with E-state index in [1.807, 2.05) is 19.1 Å². The van der Waals surface area contributed by atoms with Crippen LogP contribution in [0.2, 0.25) is 5.02 Å². The van der Waals surface area contributed by atoms with Gasteiger partial charge in [0, 0.05) is 16.6 Å². The van der Waals surface area contributed by atoms with Gasteiger partial charge in [-0.1, -0.05) is 18.5 Å². The molecular formula is C14H19ClN2O3. The number of carbonyl (C=O) groups excluding carboxylic acids is 1. The largest absolute Gasteiger partial charge is 0.489 e. The molecule has 1 aliphatic heterocycles. The molecule has 0 aromatic heterocycles. The Morgan fingerprint density at radius 1 is 1.60 bits per heavy atom. The second kappa shape index (κ2) is 6.81. The predicted molar refractivity (Wildman–Crippen MR) is 77.3 cm³/mol. The molecule has 1 amide bonds. The van der Waals surface area contributed by atoms with Crippen molar-refractivity contribution in [3.8, 4) is 5.75 Å². The first-order valence-corrected chi connectivity index (χ1v) is 7.08. The monoisotopic (exact) mass is 298 g/mol. The van der Waals surface area contributed by atoms with Crippen molar-refractivity contribution in [1.82, 2.24) is 10.6 Å². The Balaban J connectivity index is 2.04. The number of alkyl carbamates (subject to hydrolysis) is 1. The van der Waals surface area contributed by atoms with Crippen LogP contribution in [0.1, 0.15) is 25.5 Å². The van der Waals surface area contributed by atoms with Gasteiger partial charge < -0.3 is 20.1 Å². The van der Waals surface area contributed by atoms with E-state index in [0.29, 0.717) is 18.2 Å². The smallest absolute Gasteiger partial charge is 0.407 e. The summed E-state index contributed by atoms with van der Waals surface area (Å²) in [6, 6.07) is 5.66. The number of nitrogens with one attached hydrogen (secondary N) is 2. The van der Waals surface area contributed by atoms with Gasteiger partial charge in [-0.15, -0.1) is 0 Å². The maximum Gasteiger partial charge on any atom is 0.407 e. The minimum atomic E-state index is -0.393. The Morgan fingerprint density at radius 3 is 3.05 bits per heavy atom. The molecule has 0 radical (unpaired) electrons. The van der Waals surface area contributed by atoms with Gasteiger partial charge in [0.2, 0.25) is 0 Å². The second-order valence-electron chi connectivity index (χ2n) is 4.68. The number of carbonyl (C=O) groups is 1. The summed E-state index contributed by atoms with van der Waals surface area (Å²) in [6.45, 7) is 5.76. The number of rotatable bonds is 6. The van der Waals surface area contributed by atoms with Gasteiger partial charge in [-0.05, 0) is 31.7 Å². The lowest BCUT2D eigenvalue weighted by atomic mass is 10.1. The van der Waals surface area contributed by atoms with E-state index in [-0.39, 0.29) is 12.1 Å². The topological polar surface area (TPSA) is 59.6 Å². The number of halogens is 1. The molecule has 1 fully saturated rings. The van der Waals surface area contributed by atoms with E-state index < -0.39 is 6.09 Å². The minimum Gasteiger partial charge on any atom is -0.489 e. The summed E-state index contributed by atoms with van der Waals surface area (Å²) in [5, 5.41) is 6.60. The van der Waals surface area contributed by atoms with Crippen LogP contribution < -0.4 is 15.4 Å². The average Bonchev–Trinajstić information content (AvgIpc) is 2.83. The molecule has 0 spiro atoms. The molecule has 1 aliphatic rings. The van der Waals surface area contributed by atoms with E-state index in [1.165, 1.54) is 0 Å². The zero-order valence-corrected chi connectivity index (χ0v) is 12.4. The molecule has 1 saturated heterocycles. The Hall–Kier alpha value is -1.46. The average molecular weight is 299 g/mol. The third-order valence-corrected chi connectivity index (χ3v) is 3.36.